The van der Waals surface area contributed by atoms with Crippen LogP contribution in [0.25, 0.3) is 0 Å². The molecule has 5 nitrogen and oxygen atoms in total. The van der Waals surface area contributed by atoms with Gasteiger partial charge in [0.15, 0.2) is 5.96 Å². The van der Waals surface area contributed by atoms with E-state index in [9.17, 15) is 9.18 Å². The van der Waals surface area contributed by atoms with Crippen LogP contribution in [0.1, 0.15) is 25.7 Å². The predicted octanol–water partition coefficient (Wildman–Crippen LogP) is 2.83. The average Bonchev–Trinajstić information content (AvgIpc) is 2.96. The number of hydrogen-bond donors (Lipinski definition) is 2. The van der Waals surface area contributed by atoms with E-state index in [-0.39, 0.29) is 42.2 Å². The minimum absolute atomic E-state index is 0. The molecule has 1 saturated heterocycles. The number of nitrogens with zero attached hydrogens (tertiary/aromatic N) is 2. The molecule has 3 rings (SSSR count). The highest BCUT2D eigenvalue weighted by molar-refractivity contribution is 14.0. The molecule has 0 atom stereocenters. The Morgan fingerprint density at radius 1 is 1.29 bits per heavy atom. The third-order valence-corrected chi connectivity index (χ3v) is 4.90. The summed E-state index contributed by atoms with van der Waals surface area (Å²) in [6, 6.07) is 5.74. The van der Waals surface area contributed by atoms with Crippen LogP contribution in [0.4, 0.5) is 10.1 Å². The van der Waals surface area contributed by atoms with Crippen molar-refractivity contribution in [3.05, 3.63) is 30.1 Å². The number of nitrogens with one attached hydrogen (secondary N) is 2. The number of aliphatic imine (C=N–C) groups is 1. The van der Waals surface area contributed by atoms with Crippen molar-refractivity contribution in [3.8, 4) is 0 Å². The van der Waals surface area contributed by atoms with Gasteiger partial charge in [-0.1, -0.05) is 6.42 Å². The molecule has 24 heavy (non-hydrogen) atoms. The Labute approximate surface area is 159 Å². The van der Waals surface area contributed by atoms with Gasteiger partial charge in [0, 0.05) is 25.8 Å². The summed E-state index contributed by atoms with van der Waals surface area (Å²) in [6.07, 6.45) is 5.17. The Bertz CT molecular complexity index is 601. The van der Waals surface area contributed by atoms with E-state index < -0.39 is 0 Å². The summed E-state index contributed by atoms with van der Waals surface area (Å²) < 4.78 is 12.8. The van der Waals surface area contributed by atoms with E-state index in [1.54, 1.807) is 19.2 Å². The lowest BCUT2D eigenvalue weighted by atomic mass is 9.68. The van der Waals surface area contributed by atoms with Crippen molar-refractivity contribution in [2.75, 3.05) is 32.0 Å². The molecule has 0 aromatic heterocycles. The third-order valence-electron chi connectivity index (χ3n) is 4.90. The number of hydrogen-bond acceptors (Lipinski definition) is 2. The highest BCUT2D eigenvalue weighted by Gasteiger charge is 2.43. The molecule has 1 spiro atoms. The molecule has 1 aromatic rings. The van der Waals surface area contributed by atoms with Gasteiger partial charge in [0.05, 0.1) is 6.54 Å². The summed E-state index contributed by atoms with van der Waals surface area (Å²) in [6.45, 7) is 2.18. The second-order valence-corrected chi connectivity index (χ2v) is 6.48. The van der Waals surface area contributed by atoms with Crippen LogP contribution in [0, 0.1) is 11.2 Å². The number of rotatable bonds is 3. The maximum Gasteiger partial charge on any atom is 0.243 e. The van der Waals surface area contributed by atoms with E-state index in [2.05, 4.69) is 20.5 Å². The number of carbonyl (C=O) groups excluding carboxylic acids is 1. The Hall–Kier alpha value is -1.38. The normalized spacial score (nSPS) is 18.8. The molecule has 1 heterocycles. The molecule has 7 heteroatoms. The average molecular weight is 446 g/mol. The Balaban J connectivity index is 0.00000208. The summed E-state index contributed by atoms with van der Waals surface area (Å²) >= 11 is 0. The monoisotopic (exact) mass is 446 g/mol. The van der Waals surface area contributed by atoms with Crippen LogP contribution in [0.5, 0.6) is 0 Å². The van der Waals surface area contributed by atoms with Gasteiger partial charge in [0.2, 0.25) is 5.91 Å². The minimum Gasteiger partial charge on any atom is -0.347 e. The maximum absolute atomic E-state index is 12.8. The minimum atomic E-state index is -0.319. The quantitative estimate of drug-likeness (QED) is 0.427. The molecular formula is C17H24FIN4O. The molecule has 2 N–H and O–H groups in total. The van der Waals surface area contributed by atoms with E-state index >= 15 is 0 Å². The summed E-state index contributed by atoms with van der Waals surface area (Å²) in [5, 5.41) is 5.85. The van der Waals surface area contributed by atoms with Gasteiger partial charge in [-0.25, -0.2) is 4.39 Å². The number of likely N-dealkylation sites (tertiary alicyclic amines) is 1. The fraction of sp³-hybridized carbons (Fsp3) is 0.529. The first kappa shape index (κ1) is 19.0. The number of carbonyl (C=O) groups is 1. The second-order valence-electron chi connectivity index (χ2n) is 6.48. The van der Waals surface area contributed by atoms with Gasteiger partial charge >= 0.3 is 0 Å². The number of guanidine groups is 1. The second kappa shape index (κ2) is 8.13. The third kappa shape index (κ3) is 4.37. The molecule has 1 amide bonds. The van der Waals surface area contributed by atoms with Crippen LogP contribution in [0.2, 0.25) is 0 Å². The fourth-order valence-corrected chi connectivity index (χ4v) is 3.43. The van der Waals surface area contributed by atoms with Gasteiger partial charge in [-0.15, -0.1) is 24.0 Å². The lowest BCUT2D eigenvalue weighted by molar-refractivity contribution is -0.115. The van der Waals surface area contributed by atoms with Gasteiger partial charge in [0.25, 0.3) is 0 Å². The summed E-state index contributed by atoms with van der Waals surface area (Å²) in [4.78, 5) is 18.5. The molecule has 2 fully saturated rings. The standard InChI is InChI=1S/C17H23FN4O.HI/c1-19-16(22-10-9-17(12-22)7-2-8-17)20-11-15(23)21-14-5-3-13(18)4-6-14;/h3-6H,2,7-12H2,1H3,(H,19,20)(H,21,23);1H. The smallest absolute Gasteiger partial charge is 0.243 e. The molecular weight excluding hydrogens is 422 g/mol. The first-order valence-electron chi connectivity index (χ1n) is 8.11. The fourth-order valence-electron chi connectivity index (χ4n) is 3.43. The number of benzene rings is 1. The topological polar surface area (TPSA) is 56.7 Å². The molecule has 132 valence electrons. The Morgan fingerprint density at radius 2 is 2.00 bits per heavy atom. The van der Waals surface area contributed by atoms with Gasteiger partial charge in [-0.2, -0.15) is 0 Å². The van der Waals surface area contributed by atoms with Gasteiger partial charge < -0.3 is 15.5 Å². The van der Waals surface area contributed by atoms with E-state index in [0.29, 0.717) is 11.1 Å². The molecule has 1 saturated carbocycles. The maximum atomic E-state index is 12.8. The van der Waals surface area contributed by atoms with Crippen LogP contribution >= 0.6 is 24.0 Å². The van der Waals surface area contributed by atoms with E-state index in [4.69, 9.17) is 0 Å². The van der Waals surface area contributed by atoms with E-state index in [1.165, 1.54) is 37.8 Å². The zero-order valence-corrected chi connectivity index (χ0v) is 16.2. The molecule has 0 unspecified atom stereocenters. The van der Waals surface area contributed by atoms with Crippen LogP contribution in [0.3, 0.4) is 0 Å². The number of amides is 1. The number of halogens is 2. The van der Waals surface area contributed by atoms with Crippen LogP contribution in [-0.2, 0) is 4.79 Å². The Kier molecular flexibility index (Phi) is 6.42. The Morgan fingerprint density at radius 3 is 2.54 bits per heavy atom. The van der Waals surface area contributed by atoms with Crippen molar-refractivity contribution in [3.63, 3.8) is 0 Å². The molecule has 1 aliphatic carbocycles. The SMILES string of the molecule is CN=C(NCC(=O)Nc1ccc(F)cc1)N1CCC2(CCC2)C1.I. The van der Waals surface area contributed by atoms with E-state index in [1.807, 2.05) is 0 Å². The van der Waals surface area contributed by atoms with Crippen molar-refractivity contribution >= 4 is 41.5 Å². The largest absolute Gasteiger partial charge is 0.347 e. The highest BCUT2D eigenvalue weighted by Crippen LogP contribution is 2.47. The van der Waals surface area contributed by atoms with Crippen LogP contribution in [-0.4, -0.2) is 43.4 Å². The van der Waals surface area contributed by atoms with Crippen molar-refractivity contribution in [1.29, 1.82) is 0 Å². The van der Waals surface area contributed by atoms with Crippen LogP contribution in [0.15, 0.2) is 29.3 Å². The zero-order chi connectivity index (χ0) is 16.3. The lowest BCUT2D eigenvalue weighted by Gasteiger charge is -2.38. The molecule has 0 bridgehead atoms. The lowest BCUT2D eigenvalue weighted by Crippen LogP contribution is -2.44. The predicted molar refractivity (Wildman–Crippen MR) is 104 cm³/mol. The molecule has 2 aliphatic rings. The van der Waals surface area contributed by atoms with Gasteiger partial charge in [-0.05, 0) is 48.9 Å². The summed E-state index contributed by atoms with van der Waals surface area (Å²) in [5.41, 5.74) is 1.08. The van der Waals surface area contributed by atoms with Gasteiger partial charge in [0.1, 0.15) is 5.82 Å². The molecule has 0 radical (unpaired) electrons. The number of anilines is 1. The highest BCUT2D eigenvalue weighted by atomic mass is 127. The first-order valence-corrected chi connectivity index (χ1v) is 8.11. The summed E-state index contributed by atoms with van der Waals surface area (Å²) in [7, 11) is 1.74. The van der Waals surface area contributed by atoms with Crippen molar-refractivity contribution in [2.24, 2.45) is 10.4 Å². The van der Waals surface area contributed by atoms with Crippen molar-refractivity contribution in [1.82, 2.24) is 10.2 Å². The molecule has 1 aromatic carbocycles. The molecule has 1 aliphatic heterocycles. The first-order chi connectivity index (χ1) is 11.1. The van der Waals surface area contributed by atoms with Crippen LogP contribution < -0.4 is 10.6 Å². The van der Waals surface area contributed by atoms with Crippen molar-refractivity contribution < 1.29 is 9.18 Å². The van der Waals surface area contributed by atoms with E-state index in [0.717, 1.165) is 19.0 Å². The summed E-state index contributed by atoms with van der Waals surface area (Å²) in [5.74, 6) is 0.291. The van der Waals surface area contributed by atoms with Gasteiger partial charge in [-0.3, -0.25) is 9.79 Å². The zero-order valence-electron chi connectivity index (χ0n) is 13.8. The van der Waals surface area contributed by atoms with Crippen molar-refractivity contribution in [2.45, 2.75) is 25.7 Å².